The van der Waals surface area contributed by atoms with Crippen molar-refractivity contribution in [2.75, 3.05) is 32.7 Å². The lowest BCUT2D eigenvalue weighted by atomic mass is 10.2. The van der Waals surface area contributed by atoms with Gasteiger partial charge in [0.25, 0.3) is 11.1 Å². The highest BCUT2D eigenvalue weighted by Gasteiger charge is 2.34. The maximum absolute atomic E-state index is 12.5. The Labute approximate surface area is 175 Å². The van der Waals surface area contributed by atoms with Gasteiger partial charge in [-0.05, 0) is 49.0 Å². The maximum Gasteiger partial charge on any atom is 0.293 e. The van der Waals surface area contributed by atoms with Gasteiger partial charge in [-0.2, -0.15) is 0 Å². The standard InChI is InChI=1S/C20H26ClN3O3S/c1-3-5-11-23(4-2)14-18(25)22-10-12-24-19(26)17(28-20(24)27)13-15-8-6-7-9-16(15)21/h6-9,13H,3-5,10-12,14H2,1-2H3,(H,22,25)/b17-13-. The second-order valence-electron chi connectivity index (χ2n) is 6.43. The number of carbonyl (C=O) groups is 3. The van der Waals surface area contributed by atoms with E-state index in [-0.39, 0.29) is 30.1 Å². The molecule has 0 aliphatic carbocycles. The Bertz CT molecular complexity index is 754. The number of unbranched alkanes of at least 4 members (excludes halogenated alkanes) is 1. The van der Waals surface area contributed by atoms with Gasteiger partial charge in [-0.3, -0.25) is 24.2 Å². The zero-order valence-corrected chi connectivity index (χ0v) is 17.8. The minimum atomic E-state index is -0.359. The second kappa shape index (κ2) is 11.2. The molecule has 1 N–H and O–H groups in total. The van der Waals surface area contributed by atoms with Crippen molar-refractivity contribution in [3.05, 3.63) is 39.8 Å². The number of nitrogens with one attached hydrogen (secondary N) is 1. The molecule has 6 nitrogen and oxygen atoms in total. The van der Waals surface area contributed by atoms with Crippen LogP contribution < -0.4 is 5.32 Å². The van der Waals surface area contributed by atoms with Crippen LogP contribution >= 0.6 is 23.4 Å². The number of rotatable bonds is 10. The van der Waals surface area contributed by atoms with Gasteiger partial charge < -0.3 is 5.32 Å². The lowest BCUT2D eigenvalue weighted by molar-refractivity contribution is -0.124. The van der Waals surface area contributed by atoms with Crippen molar-refractivity contribution in [3.8, 4) is 0 Å². The normalized spacial score (nSPS) is 15.7. The highest BCUT2D eigenvalue weighted by molar-refractivity contribution is 8.18. The summed E-state index contributed by atoms with van der Waals surface area (Å²) >= 11 is 7.00. The van der Waals surface area contributed by atoms with Crippen molar-refractivity contribution in [3.63, 3.8) is 0 Å². The van der Waals surface area contributed by atoms with E-state index in [1.807, 2.05) is 13.0 Å². The van der Waals surface area contributed by atoms with Crippen molar-refractivity contribution in [1.82, 2.24) is 15.1 Å². The van der Waals surface area contributed by atoms with E-state index >= 15 is 0 Å². The first-order valence-corrected chi connectivity index (χ1v) is 10.6. The van der Waals surface area contributed by atoms with Gasteiger partial charge in [0.1, 0.15) is 0 Å². The van der Waals surface area contributed by atoms with E-state index in [1.54, 1.807) is 24.3 Å². The fourth-order valence-electron chi connectivity index (χ4n) is 2.72. The number of imide groups is 1. The van der Waals surface area contributed by atoms with E-state index in [1.165, 1.54) is 0 Å². The maximum atomic E-state index is 12.5. The summed E-state index contributed by atoms with van der Waals surface area (Å²) in [5, 5.41) is 2.97. The highest BCUT2D eigenvalue weighted by atomic mass is 35.5. The molecule has 3 amide bonds. The topological polar surface area (TPSA) is 69.7 Å². The zero-order valence-electron chi connectivity index (χ0n) is 16.2. The third-order valence-electron chi connectivity index (χ3n) is 4.37. The van der Waals surface area contributed by atoms with Crippen LogP contribution in [0.5, 0.6) is 0 Å². The number of amides is 3. The van der Waals surface area contributed by atoms with Gasteiger partial charge in [-0.25, -0.2) is 0 Å². The third-order valence-corrected chi connectivity index (χ3v) is 5.62. The number of likely N-dealkylation sites (N-methyl/N-ethyl adjacent to an activating group) is 1. The summed E-state index contributed by atoms with van der Waals surface area (Å²) in [7, 11) is 0. The first-order valence-electron chi connectivity index (χ1n) is 9.45. The summed E-state index contributed by atoms with van der Waals surface area (Å²) in [6.45, 7) is 6.54. The van der Waals surface area contributed by atoms with Gasteiger partial charge in [0, 0.05) is 18.1 Å². The Kier molecular flexibility index (Phi) is 9.02. The molecule has 0 unspecified atom stereocenters. The molecule has 1 aliphatic rings. The minimum Gasteiger partial charge on any atom is -0.353 e. The lowest BCUT2D eigenvalue weighted by Crippen LogP contribution is -2.41. The molecule has 0 saturated carbocycles. The molecule has 1 aromatic carbocycles. The Morgan fingerprint density at radius 1 is 1.29 bits per heavy atom. The number of hydrogen-bond acceptors (Lipinski definition) is 5. The monoisotopic (exact) mass is 423 g/mol. The summed E-state index contributed by atoms with van der Waals surface area (Å²) in [5.41, 5.74) is 0.690. The van der Waals surface area contributed by atoms with Crippen molar-refractivity contribution >= 4 is 46.5 Å². The lowest BCUT2D eigenvalue weighted by Gasteiger charge is -2.20. The van der Waals surface area contributed by atoms with Crippen LogP contribution in [-0.4, -0.2) is 59.6 Å². The Morgan fingerprint density at radius 2 is 2.04 bits per heavy atom. The highest BCUT2D eigenvalue weighted by Crippen LogP contribution is 2.33. The summed E-state index contributed by atoms with van der Waals surface area (Å²) < 4.78 is 0. The predicted octanol–water partition coefficient (Wildman–Crippen LogP) is 3.61. The fourth-order valence-corrected chi connectivity index (χ4v) is 3.77. The Balaban J connectivity index is 1.86. The fraction of sp³-hybridized carbons (Fsp3) is 0.450. The van der Waals surface area contributed by atoms with Crippen LogP contribution in [0, 0.1) is 0 Å². The summed E-state index contributed by atoms with van der Waals surface area (Å²) in [4.78, 5) is 40.3. The predicted molar refractivity (Wildman–Crippen MR) is 114 cm³/mol. The average molecular weight is 424 g/mol. The number of benzene rings is 1. The molecular formula is C20H26ClN3O3S. The molecule has 152 valence electrons. The largest absolute Gasteiger partial charge is 0.353 e. The molecule has 28 heavy (non-hydrogen) atoms. The molecule has 1 saturated heterocycles. The summed E-state index contributed by atoms with van der Waals surface area (Å²) in [6, 6.07) is 7.13. The van der Waals surface area contributed by atoms with E-state index in [0.717, 1.165) is 42.6 Å². The molecule has 0 radical (unpaired) electrons. The third kappa shape index (κ3) is 6.36. The molecular weight excluding hydrogens is 398 g/mol. The second-order valence-corrected chi connectivity index (χ2v) is 7.83. The quantitative estimate of drug-likeness (QED) is 0.582. The average Bonchev–Trinajstić information content (AvgIpc) is 2.94. The molecule has 0 aromatic heterocycles. The Morgan fingerprint density at radius 3 is 2.71 bits per heavy atom. The molecule has 8 heteroatoms. The molecule has 2 rings (SSSR count). The number of nitrogens with zero attached hydrogens (tertiary/aromatic N) is 2. The van der Waals surface area contributed by atoms with Crippen molar-refractivity contribution in [1.29, 1.82) is 0 Å². The smallest absolute Gasteiger partial charge is 0.293 e. The number of halogens is 1. The summed E-state index contributed by atoms with van der Waals surface area (Å²) in [6.07, 6.45) is 3.76. The number of carbonyl (C=O) groups excluding carboxylic acids is 3. The van der Waals surface area contributed by atoms with Gasteiger partial charge in [0.05, 0.1) is 11.4 Å². The van der Waals surface area contributed by atoms with Crippen LogP contribution in [0.1, 0.15) is 32.3 Å². The molecule has 1 aliphatic heterocycles. The van der Waals surface area contributed by atoms with Gasteiger partial charge in [-0.15, -0.1) is 0 Å². The van der Waals surface area contributed by atoms with Crippen LogP contribution in [0.3, 0.4) is 0 Å². The molecule has 0 bridgehead atoms. The van der Waals surface area contributed by atoms with Crippen molar-refractivity contribution in [2.24, 2.45) is 0 Å². The minimum absolute atomic E-state index is 0.100. The van der Waals surface area contributed by atoms with Crippen LogP contribution in [0.15, 0.2) is 29.2 Å². The molecule has 0 spiro atoms. The van der Waals surface area contributed by atoms with E-state index in [0.29, 0.717) is 22.0 Å². The van der Waals surface area contributed by atoms with Crippen LogP contribution in [0.25, 0.3) is 6.08 Å². The van der Waals surface area contributed by atoms with Crippen LogP contribution in [0.4, 0.5) is 4.79 Å². The first kappa shape index (κ1) is 22.5. The number of hydrogen-bond donors (Lipinski definition) is 1. The first-order chi connectivity index (χ1) is 13.5. The Hall–Kier alpha value is -1.83. The van der Waals surface area contributed by atoms with Gasteiger partial charge in [-0.1, -0.05) is 50.1 Å². The van der Waals surface area contributed by atoms with E-state index in [9.17, 15) is 14.4 Å². The van der Waals surface area contributed by atoms with E-state index in [4.69, 9.17) is 11.6 Å². The van der Waals surface area contributed by atoms with Crippen LogP contribution in [-0.2, 0) is 9.59 Å². The summed E-state index contributed by atoms with van der Waals surface area (Å²) in [5.74, 6) is -0.459. The number of thioether (sulfide) groups is 1. The van der Waals surface area contributed by atoms with E-state index < -0.39 is 0 Å². The molecule has 1 aromatic rings. The zero-order chi connectivity index (χ0) is 20.5. The SMILES string of the molecule is CCCCN(CC)CC(=O)NCCN1C(=O)S/C(=C\c2ccccc2Cl)C1=O. The van der Waals surface area contributed by atoms with Crippen molar-refractivity contribution in [2.45, 2.75) is 26.7 Å². The molecule has 1 fully saturated rings. The van der Waals surface area contributed by atoms with Gasteiger partial charge in [0.2, 0.25) is 5.91 Å². The van der Waals surface area contributed by atoms with E-state index in [2.05, 4.69) is 17.1 Å². The van der Waals surface area contributed by atoms with Crippen LogP contribution in [0.2, 0.25) is 5.02 Å². The van der Waals surface area contributed by atoms with Gasteiger partial charge in [0.15, 0.2) is 0 Å². The van der Waals surface area contributed by atoms with Crippen molar-refractivity contribution < 1.29 is 14.4 Å². The van der Waals surface area contributed by atoms with Gasteiger partial charge >= 0.3 is 0 Å². The molecule has 1 heterocycles. The molecule has 0 atom stereocenters.